The van der Waals surface area contributed by atoms with Crippen LogP contribution in [0.2, 0.25) is 0 Å². The van der Waals surface area contributed by atoms with E-state index in [1.54, 1.807) is 32.7 Å². The number of hydrogen-bond donors (Lipinski definition) is 2. The molecule has 1 aliphatic rings. The number of aliphatic hydroxyl groups excluding tert-OH is 1. The molecule has 9 heteroatoms. The summed E-state index contributed by atoms with van der Waals surface area (Å²) in [6.07, 6.45) is 5.16. The highest BCUT2D eigenvalue weighted by Crippen LogP contribution is 2.32. The minimum atomic E-state index is -0.389. The maximum Gasteiger partial charge on any atom is 0.329 e. The fourth-order valence-electron chi connectivity index (χ4n) is 4.02. The Balaban J connectivity index is 1.39. The van der Waals surface area contributed by atoms with Crippen LogP contribution in [0.25, 0.3) is 11.3 Å². The van der Waals surface area contributed by atoms with Crippen LogP contribution in [0.4, 0.5) is 16.6 Å². The first kappa shape index (κ1) is 20.0. The number of aliphatic hydroxyl groups is 1. The number of carbonyl (C=O) groups excluding carboxylic acids is 1. The Bertz CT molecular complexity index is 1290. The highest BCUT2D eigenvalue weighted by Gasteiger charge is 2.33. The lowest BCUT2D eigenvalue weighted by atomic mass is 10.0. The summed E-state index contributed by atoms with van der Waals surface area (Å²) in [6.45, 7) is 2.28. The first-order valence-electron chi connectivity index (χ1n) is 10.3. The van der Waals surface area contributed by atoms with Crippen LogP contribution in [-0.4, -0.2) is 47.0 Å². The van der Waals surface area contributed by atoms with Gasteiger partial charge in [-0.05, 0) is 24.6 Å². The number of nitrogens with zero attached hydrogens (tertiary/aromatic N) is 6. The van der Waals surface area contributed by atoms with Gasteiger partial charge in [-0.15, -0.1) is 0 Å². The molecular formula is C23H23N7O2. The lowest BCUT2D eigenvalue weighted by Gasteiger charge is -2.26. The molecule has 162 valence electrons. The zero-order chi connectivity index (χ0) is 22.2. The molecule has 0 aliphatic carbocycles. The molecule has 0 unspecified atom stereocenters. The Kier molecular flexibility index (Phi) is 4.95. The van der Waals surface area contributed by atoms with Gasteiger partial charge in [0.15, 0.2) is 0 Å². The first-order valence-corrected chi connectivity index (χ1v) is 10.3. The van der Waals surface area contributed by atoms with Gasteiger partial charge < -0.3 is 15.3 Å². The summed E-state index contributed by atoms with van der Waals surface area (Å²) < 4.78 is 3.33. The van der Waals surface area contributed by atoms with Crippen LogP contribution in [0, 0.1) is 6.92 Å². The summed E-state index contributed by atoms with van der Waals surface area (Å²) >= 11 is 0. The van der Waals surface area contributed by atoms with Crippen LogP contribution >= 0.6 is 0 Å². The van der Waals surface area contributed by atoms with Crippen molar-refractivity contribution in [3.63, 3.8) is 0 Å². The largest absolute Gasteiger partial charge is 0.394 e. The molecule has 0 bridgehead atoms. The number of benzene rings is 1. The lowest BCUT2D eigenvalue weighted by Crippen LogP contribution is -2.32. The molecule has 4 aromatic rings. The summed E-state index contributed by atoms with van der Waals surface area (Å²) in [5.41, 5.74) is 4.42. The van der Waals surface area contributed by atoms with E-state index in [0.717, 1.165) is 28.2 Å². The highest BCUT2D eigenvalue weighted by atomic mass is 16.3. The van der Waals surface area contributed by atoms with E-state index in [0.29, 0.717) is 18.2 Å². The second-order valence-corrected chi connectivity index (χ2v) is 7.84. The van der Waals surface area contributed by atoms with E-state index in [1.807, 2.05) is 56.4 Å². The molecule has 0 saturated heterocycles. The molecule has 9 nitrogen and oxygen atoms in total. The van der Waals surface area contributed by atoms with Crippen LogP contribution in [0.3, 0.4) is 0 Å². The molecular weight excluding hydrogens is 406 g/mol. The predicted octanol–water partition coefficient (Wildman–Crippen LogP) is 3.25. The second kappa shape index (κ2) is 7.93. The van der Waals surface area contributed by atoms with Gasteiger partial charge in [-0.25, -0.2) is 14.8 Å². The number of aryl methyl sites for hydroxylation is 2. The molecule has 1 aliphatic heterocycles. The van der Waals surface area contributed by atoms with E-state index in [2.05, 4.69) is 20.4 Å². The van der Waals surface area contributed by atoms with Gasteiger partial charge >= 0.3 is 6.03 Å². The van der Waals surface area contributed by atoms with E-state index in [1.165, 1.54) is 0 Å². The third kappa shape index (κ3) is 3.52. The number of rotatable bonds is 6. The number of hydrogen-bond acceptors (Lipinski definition) is 6. The topological polar surface area (TPSA) is 101 Å². The third-order valence-electron chi connectivity index (χ3n) is 5.67. The monoisotopic (exact) mass is 429 g/mol. The number of aromatic nitrogens is 5. The Labute approximate surface area is 185 Å². The molecule has 2 N–H and O–H groups in total. The maximum atomic E-state index is 13.1. The maximum absolute atomic E-state index is 13.1. The number of fused-ring (bicyclic) bond motifs is 1. The zero-order valence-electron chi connectivity index (χ0n) is 17.8. The van der Waals surface area contributed by atoms with Crippen molar-refractivity contribution >= 4 is 17.8 Å². The van der Waals surface area contributed by atoms with E-state index in [4.69, 9.17) is 0 Å². The quantitative estimate of drug-likeness (QED) is 0.488. The summed E-state index contributed by atoms with van der Waals surface area (Å²) in [5, 5.41) is 17.3. The molecule has 3 aromatic heterocycles. The van der Waals surface area contributed by atoms with Crippen molar-refractivity contribution in [1.29, 1.82) is 0 Å². The van der Waals surface area contributed by atoms with E-state index in [-0.39, 0.29) is 18.7 Å². The van der Waals surface area contributed by atoms with E-state index >= 15 is 0 Å². The summed E-state index contributed by atoms with van der Waals surface area (Å²) in [5.74, 6) is 1.23. The molecule has 1 aromatic carbocycles. The van der Waals surface area contributed by atoms with Gasteiger partial charge in [0.05, 0.1) is 31.1 Å². The molecule has 5 rings (SSSR count). The Morgan fingerprint density at radius 2 is 2.06 bits per heavy atom. The van der Waals surface area contributed by atoms with Gasteiger partial charge in [-0.1, -0.05) is 29.8 Å². The minimum Gasteiger partial charge on any atom is -0.394 e. The standard InChI is InChI=1S/C23H23N7O2/c1-15-4-3-5-16(10-15)20(14-31)30-13-18-11-17(12-29(18)23(30)32)19-6-8-24-22(26-19)27-21-7-9-25-28(21)2/h3-12,20,31H,13-14H2,1-2H3,(H,24,26,27)/t20-/m1/s1. The Morgan fingerprint density at radius 1 is 1.19 bits per heavy atom. The average molecular weight is 429 g/mol. The highest BCUT2D eigenvalue weighted by molar-refractivity contribution is 5.83. The van der Waals surface area contributed by atoms with Crippen molar-refractivity contribution in [3.8, 4) is 11.3 Å². The zero-order valence-corrected chi connectivity index (χ0v) is 17.8. The molecule has 4 heterocycles. The molecule has 0 radical (unpaired) electrons. The second-order valence-electron chi connectivity index (χ2n) is 7.84. The summed E-state index contributed by atoms with van der Waals surface area (Å²) in [6, 6.07) is 12.9. The first-order chi connectivity index (χ1) is 15.5. The third-order valence-corrected chi connectivity index (χ3v) is 5.67. The van der Waals surface area contributed by atoms with Gasteiger partial charge in [0.2, 0.25) is 5.95 Å². The fraction of sp³-hybridized carbons (Fsp3) is 0.217. The van der Waals surface area contributed by atoms with Crippen LogP contribution in [-0.2, 0) is 13.6 Å². The Hall–Kier alpha value is -3.98. The smallest absolute Gasteiger partial charge is 0.329 e. The van der Waals surface area contributed by atoms with E-state index < -0.39 is 0 Å². The SMILES string of the molecule is Cc1cccc([C@@H](CO)N2Cc3cc(-c4ccnc(Nc5ccnn5C)n4)cn3C2=O)c1. The van der Waals surface area contributed by atoms with Crippen LogP contribution in [0.5, 0.6) is 0 Å². The molecule has 32 heavy (non-hydrogen) atoms. The van der Waals surface area contributed by atoms with Crippen molar-refractivity contribution in [2.75, 3.05) is 11.9 Å². The van der Waals surface area contributed by atoms with Gasteiger partial charge in [0.25, 0.3) is 0 Å². The lowest BCUT2D eigenvalue weighted by molar-refractivity contribution is 0.141. The molecule has 1 amide bonds. The van der Waals surface area contributed by atoms with Crippen molar-refractivity contribution in [3.05, 3.63) is 77.9 Å². The average Bonchev–Trinajstić information content (AvgIpc) is 3.46. The van der Waals surface area contributed by atoms with Crippen molar-refractivity contribution < 1.29 is 9.90 Å². The fourth-order valence-corrected chi connectivity index (χ4v) is 4.02. The molecule has 1 atom stereocenters. The number of carbonyl (C=O) groups is 1. The molecule has 0 spiro atoms. The summed E-state index contributed by atoms with van der Waals surface area (Å²) in [7, 11) is 1.83. The van der Waals surface area contributed by atoms with Crippen molar-refractivity contribution in [1.82, 2.24) is 29.2 Å². The molecule has 0 saturated carbocycles. The van der Waals surface area contributed by atoms with E-state index in [9.17, 15) is 9.90 Å². The van der Waals surface area contributed by atoms with Crippen molar-refractivity contribution in [2.24, 2.45) is 7.05 Å². The van der Waals surface area contributed by atoms with Gasteiger partial charge in [-0.2, -0.15) is 5.10 Å². The van der Waals surface area contributed by atoms with Gasteiger partial charge in [0.1, 0.15) is 5.82 Å². The number of nitrogens with one attached hydrogen (secondary N) is 1. The normalized spacial score (nSPS) is 14.0. The molecule has 0 fully saturated rings. The summed E-state index contributed by atoms with van der Waals surface area (Å²) in [4.78, 5) is 23.7. The van der Waals surface area contributed by atoms with Crippen molar-refractivity contribution in [2.45, 2.75) is 19.5 Å². The predicted molar refractivity (Wildman–Crippen MR) is 119 cm³/mol. The number of anilines is 2. The number of amides is 1. The Morgan fingerprint density at radius 3 is 2.78 bits per heavy atom. The minimum absolute atomic E-state index is 0.137. The van der Waals surface area contributed by atoms with Crippen LogP contribution in [0.15, 0.2) is 61.1 Å². The van der Waals surface area contributed by atoms with Gasteiger partial charge in [0, 0.05) is 36.8 Å². The van der Waals surface area contributed by atoms with Crippen LogP contribution < -0.4 is 5.32 Å². The van der Waals surface area contributed by atoms with Crippen LogP contribution in [0.1, 0.15) is 22.9 Å². The van der Waals surface area contributed by atoms with Gasteiger partial charge in [-0.3, -0.25) is 9.25 Å².